The molecular formula is C30H23Cl2N5O2. The Bertz CT molecular complexity index is 1620. The molecule has 0 bridgehead atoms. The molecule has 1 fully saturated rings. The molecule has 3 aromatic carbocycles. The van der Waals surface area contributed by atoms with E-state index >= 15 is 0 Å². The van der Waals surface area contributed by atoms with E-state index < -0.39 is 5.54 Å². The molecule has 2 aliphatic heterocycles. The van der Waals surface area contributed by atoms with Gasteiger partial charge in [-0.15, -0.1) is 5.10 Å². The van der Waals surface area contributed by atoms with Crippen molar-refractivity contribution in [1.82, 2.24) is 19.9 Å². The van der Waals surface area contributed by atoms with Gasteiger partial charge in [0.05, 0.1) is 36.6 Å². The fourth-order valence-corrected chi connectivity index (χ4v) is 6.33. The van der Waals surface area contributed by atoms with Gasteiger partial charge in [-0.25, -0.2) is 4.68 Å². The molecule has 2 aliphatic rings. The topological polar surface area (TPSA) is 84.0 Å². The second-order valence-electron chi connectivity index (χ2n) is 9.81. The third-order valence-corrected chi connectivity index (χ3v) is 7.92. The lowest BCUT2D eigenvalue weighted by Gasteiger charge is -2.34. The van der Waals surface area contributed by atoms with Gasteiger partial charge in [-0.2, -0.15) is 5.26 Å². The number of aromatic nitrogens is 3. The van der Waals surface area contributed by atoms with E-state index in [4.69, 9.17) is 27.9 Å². The molecule has 0 spiro atoms. The van der Waals surface area contributed by atoms with Gasteiger partial charge in [-0.1, -0.05) is 70.9 Å². The lowest BCUT2D eigenvalue weighted by atomic mass is 9.85. The Morgan fingerprint density at radius 3 is 2.44 bits per heavy atom. The van der Waals surface area contributed by atoms with Gasteiger partial charge in [0.2, 0.25) is 0 Å². The highest BCUT2D eigenvalue weighted by Crippen LogP contribution is 2.52. The van der Waals surface area contributed by atoms with Gasteiger partial charge < -0.3 is 9.64 Å². The number of carbonyl (C=O) groups excluding carboxylic acids is 1. The minimum Gasteiger partial charge on any atom is -0.498 e. The zero-order valence-electron chi connectivity index (χ0n) is 21.0. The van der Waals surface area contributed by atoms with Crippen LogP contribution >= 0.6 is 23.2 Å². The van der Waals surface area contributed by atoms with Crippen LogP contribution in [0.5, 0.6) is 0 Å². The Kier molecular flexibility index (Phi) is 6.38. The molecule has 0 N–H and O–H groups in total. The molecule has 194 valence electrons. The number of amides is 1. The molecule has 4 aromatic rings. The highest BCUT2D eigenvalue weighted by atomic mass is 35.5. The first-order chi connectivity index (χ1) is 18.9. The number of benzene rings is 3. The van der Waals surface area contributed by atoms with Crippen molar-refractivity contribution in [2.75, 3.05) is 13.7 Å². The van der Waals surface area contributed by atoms with Crippen molar-refractivity contribution in [3.8, 4) is 17.3 Å². The van der Waals surface area contributed by atoms with E-state index in [-0.39, 0.29) is 11.9 Å². The van der Waals surface area contributed by atoms with Crippen LogP contribution in [0.2, 0.25) is 10.0 Å². The average Bonchev–Trinajstić information content (AvgIpc) is 3.62. The van der Waals surface area contributed by atoms with Crippen LogP contribution in [0.15, 0.2) is 84.8 Å². The molecule has 6 rings (SSSR count). The Balaban J connectivity index is 1.44. The summed E-state index contributed by atoms with van der Waals surface area (Å²) in [5.74, 6) is 0.422. The maximum atomic E-state index is 14.1. The summed E-state index contributed by atoms with van der Waals surface area (Å²) in [4.78, 5) is 16.0. The van der Waals surface area contributed by atoms with Crippen LogP contribution < -0.4 is 0 Å². The van der Waals surface area contributed by atoms with E-state index in [1.165, 1.54) is 0 Å². The smallest absolute Gasteiger partial charge is 0.258 e. The monoisotopic (exact) mass is 555 g/mol. The van der Waals surface area contributed by atoms with Gasteiger partial charge >= 0.3 is 0 Å². The van der Waals surface area contributed by atoms with Crippen LogP contribution in [0.3, 0.4) is 0 Å². The number of hydrogen-bond donors (Lipinski definition) is 0. The number of methoxy groups -OCH3 is 1. The first-order valence-electron chi connectivity index (χ1n) is 12.5. The van der Waals surface area contributed by atoms with E-state index in [2.05, 4.69) is 16.4 Å². The lowest BCUT2D eigenvalue weighted by Crippen LogP contribution is -2.45. The molecule has 0 radical (unpaired) electrons. The summed E-state index contributed by atoms with van der Waals surface area (Å²) in [5.41, 5.74) is 3.61. The van der Waals surface area contributed by atoms with Crippen molar-refractivity contribution in [2.24, 2.45) is 0 Å². The van der Waals surface area contributed by atoms with E-state index in [1.807, 2.05) is 58.2 Å². The fourth-order valence-electron chi connectivity index (χ4n) is 5.81. The molecule has 0 saturated carbocycles. The summed E-state index contributed by atoms with van der Waals surface area (Å²) < 4.78 is 7.90. The van der Waals surface area contributed by atoms with Crippen LogP contribution in [-0.2, 0) is 16.0 Å². The summed E-state index contributed by atoms with van der Waals surface area (Å²) in [5, 5.41) is 19.0. The number of hydrogen-bond acceptors (Lipinski definition) is 5. The predicted molar refractivity (Wildman–Crippen MR) is 149 cm³/mol. The number of ether oxygens (including phenoxy) is 1. The van der Waals surface area contributed by atoms with E-state index in [0.717, 1.165) is 16.8 Å². The molecule has 2 atom stereocenters. The van der Waals surface area contributed by atoms with Gasteiger partial charge in [0, 0.05) is 35.0 Å². The van der Waals surface area contributed by atoms with Crippen molar-refractivity contribution in [2.45, 2.75) is 24.4 Å². The molecule has 1 amide bonds. The third-order valence-electron chi connectivity index (χ3n) is 7.48. The summed E-state index contributed by atoms with van der Waals surface area (Å²) in [6.07, 6.45) is 3.00. The second kappa shape index (κ2) is 9.88. The predicted octanol–water partition coefficient (Wildman–Crippen LogP) is 5.95. The molecule has 7 nitrogen and oxygen atoms in total. The Morgan fingerprint density at radius 1 is 1.05 bits per heavy atom. The molecule has 1 aromatic heterocycles. The summed E-state index contributed by atoms with van der Waals surface area (Å²) in [6, 6.07) is 24.4. The molecule has 3 heterocycles. The van der Waals surface area contributed by atoms with Gasteiger partial charge in [-0.05, 0) is 41.5 Å². The second-order valence-corrected chi connectivity index (χ2v) is 10.7. The number of nitriles is 1. The minimum absolute atomic E-state index is 0.119. The van der Waals surface area contributed by atoms with Crippen molar-refractivity contribution < 1.29 is 9.53 Å². The third kappa shape index (κ3) is 4.36. The lowest BCUT2D eigenvalue weighted by molar-refractivity contribution is -0.126. The zero-order valence-corrected chi connectivity index (χ0v) is 22.5. The number of halogens is 2. The normalized spacial score (nSPS) is 20.3. The van der Waals surface area contributed by atoms with Crippen molar-refractivity contribution >= 4 is 34.7 Å². The number of rotatable bonds is 6. The Hall–Kier alpha value is -4.12. The maximum Gasteiger partial charge on any atom is 0.258 e. The fraction of sp³-hybridized carbons (Fsp3) is 0.200. The van der Waals surface area contributed by atoms with Crippen molar-refractivity contribution in [3.63, 3.8) is 0 Å². The summed E-state index contributed by atoms with van der Waals surface area (Å²) in [7, 11) is 1.59. The van der Waals surface area contributed by atoms with Gasteiger partial charge in [-0.3, -0.25) is 4.79 Å². The van der Waals surface area contributed by atoms with E-state index in [1.54, 1.807) is 37.4 Å². The number of nitrogens with zero attached hydrogens (tertiary/aromatic N) is 5. The van der Waals surface area contributed by atoms with Crippen LogP contribution in [-0.4, -0.2) is 45.0 Å². The van der Waals surface area contributed by atoms with Crippen molar-refractivity contribution in [3.05, 3.63) is 111 Å². The minimum atomic E-state index is -0.770. The Labute approximate surface area is 235 Å². The zero-order chi connectivity index (χ0) is 27.1. The van der Waals surface area contributed by atoms with Gasteiger partial charge in [0.15, 0.2) is 0 Å². The molecule has 9 heteroatoms. The molecular weight excluding hydrogens is 533 g/mol. The van der Waals surface area contributed by atoms with Crippen LogP contribution in [0.25, 0.3) is 16.8 Å². The molecule has 1 saturated heterocycles. The van der Waals surface area contributed by atoms with Crippen LogP contribution in [0.4, 0.5) is 0 Å². The van der Waals surface area contributed by atoms with E-state index in [9.17, 15) is 10.1 Å². The quantitative estimate of drug-likeness (QED) is 0.293. The largest absolute Gasteiger partial charge is 0.498 e. The first-order valence-corrected chi connectivity index (χ1v) is 13.2. The molecule has 0 aliphatic carbocycles. The highest BCUT2D eigenvalue weighted by Gasteiger charge is 2.58. The van der Waals surface area contributed by atoms with E-state index in [0.29, 0.717) is 51.9 Å². The first kappa shape index (κ1) is 25.2. The Morgan fingerprint density at radius 2 is 1.77 bits per heavy atom. The summed E-state index contributed by atoms with van der Waals surface area (Å²) in [6.45, 7) is 0.428. The average molecular weight is 556 g/mol. The van der Waals surface area contributed by atoms with Crippen LogP contribution in [0, 0.1) is 11.3 Å². The van der Waals surface area contributed by atoms with Gasteiger partial charge in [0.1, 0.15) is 17.0 Å². The maximum absolute atomic E-state index is 14.1. The SMILES string of the molecule is COC1=C(c2cc(Cl)cc(Cl)c2)C(=O)N2CC(n3cc(-c4ccccc4)nn3)CC12Cc1ccc(C#N)cc1. The molecule has 39 heavy (non-hydrogen) atoms. The number of fused-ring (bicyclic) bond motifs is 1. The van der Waals surface area contributed by atoms with Crippen molar-refractivity contribution in [1.29, 1.82) is 5.26 Å². The highest BCUT2D eigenvalue weighted by molar-refractivity contribution is 6.35. The summed E-state index contributed by atoms with van der Waals surface area (Å²) >= 11 is 12.6. The molecule has 2 unspecified atom stereocenters. The van der Waals surface area contributed by atoms with Crippen LogP contribution in [0.1, 0.15) is 29.2 Å². The van der Waals surface area contributed by atoms with Gasteiger partial charge in [0.25, 0.3) is 5.91 Å². The number of carbonyl (C=O) groups is 1. The standard InChI is InChI=1S/C30H23Cl2N5O2/c1-39-28-27(22-11-23(31)13-24(32)12-22)29(38)36-17-25(37-18-26(34-35-37)21-5-3-2-4-6-21)15-30(28,36)14-19-7-9-20(16-33)10-8-19/h2-13,18,25H,14-15,17H2,1H3.